The lowest BCUT2D eigenvalue weighted by molar-refractivity contribution is 0.0342. The molecular weight excluding hydrogens is 366 g/mol. The van der Waals surface area contributed by atoms with Crippen LogP contribution >= 0.6 is 0 Å². The lowest BCUT2D eigenvalue weighted by Gasteiger charge is -2.26. The van der Waals surface area contributed by atoms with Gasteiger partial charge in [-0.05, 0) is 60.7 Å². The van der Waals surface area contributed by atoms with Crippen molar-refractivity contribution in [2.45, 2.75) is 25.8 Å². The van der Waals surface area contributed by atoms with Gasteiger partial charge in [0.15, 0.2) is 0 Å². The summed E-state index contributed by atoms with van der Waals surface area (Å²) in [6.45, 7) is 4.36. The molecule has 1 amide bonds. The molecule has 1 heterocycles. The van der Waals surface area contributed by atoms with Crippen LogP contribution in [0, 0.1) is 0 Å². The van der Waals surface area contributed by atoms with Crippen molar-refractivity contribution < 1.29 is 14.3 Å². The average Bonchev–Trinajstić information content (AvgIpc) is 2.78. The first-order valence-corrected chi connectivity index (χ1v) is 10.2. The van der Waals surface area contributed by atoms with Gasteiger partial charge in [0.2, 0.25) is 0 Å². The van der Waals surface area contributed by atoms with Crippen molar-refractivity contribution in [1.29, 1.82) is 0 Å². The second kappa shape index (κ2) is 9.20. The number of fused-ring (bicyclic) bond motifs is 1. The molecule has 0 spiro atoms. The third-order valence-electron chi connectivity index (χ3n) is 5.50. The van der Waals surface area contributed by atoms with E-state index in [1.807, 2.05) is 36.4 Å². The van der Waals surface area contributed by atoms with Gasteiger partial charge in [0.05, 0.1) is 26.0 Å². The molecule has 0 unspecified atom stereocenters. The molecular formula is C23H27N3O3. The Morgan fingerprint density at radius 3 is 2.69 bits per heavy atom. The Morgan fingerprint density at radius 2 is 1.93 bits per heavy atom. The molecule has 6 heteroatoms. The third kappa shape index (κ3) is 4.83. The minimum Gasteiger partial charge on any atom is -0.497 e. The normalized spacial score (nSPS) is 18.3. The SMILES string of the molecule is COc1ccc2c(c1)CCC/C2=N/NC(=O)c1ccc(CN2CCOCC2)cc1. The molecule has 0 saturated carbocycles. The summed E-state index contributed by atoms with van der Waals surface area (Å²) in [4.78, 5) is 14.9. The van der Waals surface area contributed by atoms with Gasteiger partial charge in [-0.1, -0.05) is 12.1 Å². The summed E-state index contributed by atoms with van der Waals surface area (Å²) in [5.74, 6) is 0.669. The molecule has 2 aromatic rings. The first-order chi connectivity index (χ1) is 14.2. The molecule has 0 bridgehead atoms. The highest BCUT2D eigenvalue weighted by atomic mass is 16.5. The largest absolute Gasteiger partial charge is 0.497 e. The van der Waals surface area contributed by atoms with Crippen molar-refractivity contribution in [3.63, 3.8) is 0 Å². The number of hydrogen-bond donors (Lipinski definition) is 1. The minimum absolute atomic E-state index is 0.184. The Bertz CT molecular complexity index is 887. The number of carbonyl (C=O) groups is 1. The summed E-state index contributed by atoms with van der Waals surface area (Å²) < 4.78 is 10.7. The molecule has 152 valence electrons. The fourth-order valence-corrected chi connectivity index (χ4v) is 3.84. The van der Waals surface area contributed by atoms with Crippen molar-refractivity contribution in [3.05, 3.63) is 64.7 Å². The van der Waals surface area contributed by atoms with Crippen molar-refractivity contribution in [1.82, 2.24) is 10.3 Å². The van der Waals surface area contributed by atoms with Crippen molar-refractivity contribution in [3.8, 4) is 5.75 Å². The molecule has 0 radical (unpaired) electrons. The van der Waals surface area contributed by atoms with Gasteiger partial charge in [0, 0.05) is 30.8 Å². The minimum atomic E-state index is -0.184. The molecule has 29 heavy (non-hydrogen) atoms. The maximum Gasteiger partial charge on any atom is 0.271 e. The van der Waals surface area contributed by atoms with Gasteiger partial charge in [0.25, 0.3) is 5.91 Å². The van der Waals surface area contributed by atoms with E-state index >= 15 is 0 Å². The van der Waals surface area contributed by atoms with Gasteiger partial charge in [-0.25, -0.2) is 5.43 Å². The van der Waals surface area contributed by atoms with Crippen LogP contribution < -0.4 is 10.2 Å². The van der Waals surface area contributed by atoms with E-state index in [0.717, 1.165) is 69.1 Å². The molecule has 1 aliphatic carbocycles. The molecule has 1 saturated heterocycles. The van der Waals surface area contributed by atoms with Gasteiger partial charge in [0.1, 0.15) is 5.75 Å². The highest BCUT2D eigenvalue weighted by Crippen LogP contribution is 2.25. The fraction of sp³-hybridized carbons (Fsp3) is 0.391. The molecule has 1 N–H and O–H groups in total. The zero-order chi connectivity index (χ0) is 20.1. The fourth-order valence-electron chi connectivity index (χ4n) is 3.84. The van der Waals surface area contributed by atoms with E-state index in [4.69, 9.17) is 9.47 Å². The van der Waals surface area contributed by atoms with Crippen LogP contribution in [0.4, 0.5) is 0 Å². The van der Waals surface area contributed by atoms with Crippen LogP contribution in [0.25, 0.3) is 0 Å². The number of hydrazone groups is 1. The predicted molar refractivity (Wildman–Crippen MR) is 112 cm³/mol. The summed E-state index contributed by atoms with van der Waals surface area (Å²) in [6.07, 6.45) is 2.88. The number of morpholine rings is 1. The van der Waals surface area contributed by atoms with Gasteiger partial charge < -0.3 is 9.47 Å². The number of aryl methyl sites for hydroxylation is 1. The maximum absolute atomic E-state index is 12.5. The first-order valence-electron chi connectivity index (χ1n) is 10.2. The molecule has 0 atom stereocenters. The second-order valence-electron chi connectivity index (χ2n) is 7.46. The number of nitrogens with one attached hydrogen (secondary N) is 1. The summed E-state index contributed by atoms with van der Waals surface area (Å²) in [6, 6.07) is 13.8. The van der Waals surface area contributed by atoms with E-state index < -0.39 is 0 Å². The standard InChI is InChI=1S/C23H27N3O3/c1-28-20-9-10-21-19(15-20)3-2-4-22(21)24-25-23(27)18-7-5-17(6-8-18)16-26-11-13-29-14-12-26/h5-10,15H,2-4,11-14,16H2,1H3,(H,25,27)/b24-22-. The van der Waals surface area contributed by atoms with Crippen LogP contribution in [0.1, 0.15) is 39.9 Å². The Hall–Kier alpha value is -2.70. The summed E-state index contributed by atoms with van der Waals surface area (Å²) >= 11 is 0. The Balaban J connectivity index is 1.39. The Labute approximate surface area is 171 Å². The van der Waals surface area contributed by atoms with E-state index in [-0.39, 0.29) is 5.91 Å². The number of benzene rings is 2. The monoisotopic (exact) mass is 393 g/mol. The number of carbonyl (C=O) groups excluding carboxylic acids is 1. The van der Waals surface area contributed by atoms with Crippen LogP contribution in [0.5, 0.6) is 5.75 Å². The molecule has 2 aromatic carbocycles. The van der Waals surface area contributed by atoms with Crippen LogP contribution in [0.3, 0.4) is 0 Å². The highest BCUT2D eigenvalue weighted by molar-refractivity contribution is 6.04. The lowest BCUT2D eigenvalue weighted by Crippen LogP contribution is -2.35. The molecule has 2 aliphatic rings. The van der Waals surface area contributed by atoms with Crippen LogP contribution in [-0.2, 0) is 17.7 Å². The molecule has 1 fully saturated rings. The first kappa shape index (κ1) is 19.6. The van der Waals surface area contributed by atoms with Crippen molar-refractivity contribution >= 4 is 11.6 Å². The highest BCUT2D eigenvalue weighted by Gasteiger charge is 2.17. The molecule has 1 aliphatic heterocycles. The number of methoxy groups -OCH3 is 1. The van der Waals surface area contributed by atoms with Crippen LogP contribution in [0.2, 0.25) is 0 Å². The number of nitrogens with zero attached hydrogens (tertiary/aromatic N) is 2. The molecule has 0 aromatic heterocycles. The zero-order valence-corrected chi connectivity index (χ0v) is 16.8. The quantitative estimate of drug-likeness (QED) is 0.794. The topological polar surface area (TPSA) is 63.2 Å². The Kier molecular flexibility index (Phi) is 6.22. The maximum atomic E-state index is 12.5. The summed E-state index contributed by atoms with van der Waals surface area (Å²) in [7, 11) is 1.67. The number of rotatable bonds is 5. The zero-order valence-electron chi connectivity index (χ0n) is 16.8. The molecule has 6 nitrogen and oxygen atoms in total. The van der Waals surface area contributed by atoms with E-state index in [9.17, 15) is 4.79 Å². The van der Waals surface area contributed by atoms with Crippen molar-refractivity contribution in [2.75, 3.05) is 33.4 Å². The second-order valence-corrected chi connectivity index (χ2v) is 7.46. The van der Waals surface area contributed by atoms with E-state index in [2.05, 4.69) is 21.5 Å². The Morgan fingerprint density at radius 1 is 1.14 bits per heavy atom. The average molecular weight is 393 g/mol. The van der Waals surface area contributed by atoms with Crippen LogP contribution in [-0.4, -0.2) is 49.9 Å². The predicted octanol–water partition coefficient (Wildman–Crippen LogP) is 3.00. The number of hydrogen-bond acceptors (Lipinski definition) is 5. The number of ether oxygens (including phenoxy) is 2. The third-order valence-corrected chi connectivity index (χ3v) is 5.50. The lowest BCUT2D eigenvalue weighted by atomic mass is 9.90. The van der Waals surface area contributed by atoms with Gasteiger partial charge in [-0.2, -0.15) is 5.10 Å². The summed E-state index contributed by atoms with van der Waals surface area (Å²) in [5.41, 5.74) is 7.78. The molecule has 4 rings (SSSR count). The van der Waals surface area contributed by atoms with Crippen LogP contribution in [0.15, 0.2) is 47.6 Å². The van der Waals surface area contributed by atoms with Gasteiger partial charge in [-0.15, -0.1) is 0 Å². The number of amides is 1. The van der Waals surface area contributed by atoms with Gasteiger partial charge >= 0.3 is 0 Å². The van der Waals surface area contributed by atoms with Gasteiger partial charge in [-0.3, -0.25) is 9.69 Å². The van der Waals surface area contributed by atoms with Crippen molar-refractivity contribution in [2.24, 2.45) is 5.10 Å². The van der Waals surface area contributed by atoms with E-state index in [0.29, 0.717) is 5.56 Å². The van der Waals surface area contributed by atoms with E-state index in [1.54, 1.807) is 7.11 Å². The van der Waals surface area contributed by atoms with E-state index in [1.165, 1.54) is 11.1 Å². The smallest absolute Gasteiger partial charge is 0.271 e. The summed E-state index contributed by atoms with van der Waals surface area (Å²) in [5, 5.41) is 4.43.